The molecular formula is C26H39N5O. The van der Waals surface area contributed by atoms with Gasteiger partial charge in [0, 0.05) is 38.1 Å². The average molecular weight is 438 g/mol. The van der Waals surface area contributed by atoms with E-state index >= 15 is 0 Å². The van der Waals surface area contributed by atoms with Crippen molar-refractivity contribution in [2.45, 2.75) is 46.1 Å². The molecule has 32 heavy (non-hydrogen) atoms. The summed E-state index contributed by atoms with van der Waals surface area (Å²) >= 11 is 0. The van der Waals surface area contributed by atoms with Crippen molar-refractivity contribution < 1.29 is 4.79 Å². The van der Waals surface area contributed by atoms with Crippen molar-refractivity contribution >= 4 is 24.1 Å². The fourth-order valence-corrected chi connectivity index (χ4v) is 3.80. The minimum absolute atomic E-state index is 0.167. The van der Waals surface area contributed by atoms with Gasteiger partial charge in [0.2, 0.25) is 0 Å². The third-order valence-corrected chi connectivity index (χ3v) is 5.62. The van der Waals surface area contributed by atoms with Crippen molar-refractivity contribution in [2.75, 3.05) is 33.2 Å². The zero-order chi connectivity index (χ0) is 23.3. The fraction of sp³-hybridized carbons (Fsp3) is 0.462. The first-order valence-electron chi connectivity index (χ1n) is 11.6. The summed E-state index contributed by atoms with van der Waals surface area (Å²) in [4.78, 5) is 17.3. The molecule has 0 bridgehead atoms. The van der Waals surface area contributed by atoms with Crippen molar-refractivity contribution in [3.8, 4) is 0 Å². The van der Waals surface area contributed by atoms with E-state index < -0.39 is 0 Å². The van der Waals surface area contributed by atoms with Crippen LogP contribution in [0.5, 0.6) is 0 Å². The predicted molar refractivity (Wildman–Crippen MR) is 136 cm³/mol. The topological polar surface area (TPSA) is 69.3 Å². The number of nitrogens with zero attached hydrogens (tertiary/aromatic N) is 2. The largest absolute Gasteiger partial charge is 0.392 e. The van der Waals surface area contributed by atoms with Crippen LogP contribution in [-0.2, 0) is 4.79 Å². The monoisotopic (exact) mass is 437 g/mol. The molecule has 3 heterocycles. The Bertz CT molecular complexity index is 850. The summed E-state index contributed by atoms with van der Waals surface area (Å²) in [7, 11) is 1.92. The van der Waals surface area contributed by atoms with Gasteiger partial charge in [-0.15, -0.1) is 0 Å². The maximum atomic E-state index is 9.94. The standard InChI is InChI=1S/C21H30N4.C5H9NO/c1-6-9-18-15-23-12-13-25(18)21(8-3)19-11-10-17(7-2)20(24-19)14-16(4)22-5;7-4-5-2-1-3-6-5/h7-11,14,22-23H,2,6,12-13,15H2,1,3-5H3;4-6H,1-3H2/b16-14+,18-9+,21-8-;. The number of pyridine rings is 1. The van der Waals surface area contributed by atoms with Gasteiger partial charge in [0.25, 0.3) is 0 Å². The third-order valence-electron chi connectivity index (χ3n) is 5.62. The zero-order valence-electron chi connectivity index (χ0n) is 20.1. The highest BCUT2D eigenvalue weighted by Crippen LogP contribution is 2.25. The number of aromatic nitrogens is 1. The maximum absolute atomic E-state index is 9.94. The Labute approximate surface area is 193 Å². The lowest BCUT2D eigenvalue weighted by molar-refractivity contribution is -0.109. The fourth-order valence-electron chi connectivity index (χ4n) is 3.80. The summed E-state index contributed by atoms with van der Waals surface area (Å²) in [6, 6.07) is 4.35. The van der Waals surface area contributed by atoms with Crippen LogP contribution in [0, 0.1) is 0 Å². The van der Waals surface area contributed by atoms with Gasteiger partial charge in [-0.05, 0) is 57.4 Å². The van der Waals surface area contributed by atoms with Crippen molar-refractivity contribution in [1.29, 1.82) is 0 Å². The highest BCUT2D eigenvalue weighted by atomic mass is 16.1. The summed E-state index contributed by atoms with van der Waals surface area (Å²) in [6.45, 7) is 14.1. The second-order valence-electron chi connectivity index (χ2n) is 7.90. The lowest BCUT2D eigenvalue weighted by atomic mass is 10.1. The third kappa shape index (κ3) is 7.18. The smallest absolute Gasteiger partial charge is 0.136 e. The molecule has 0 radical (unpaired) electrons. The van der Waals surface area contributed by atoms with Gasteiger partial charge in [0.1, 0.15) is 6.29 Å². The molecule has 3 rings (SSSR count). The summed E-state index contributed by atoms with van der Waals surface area (Å²) in [5.74, 6) is 0. The molecule has 1 atom stereocenters. The Hall–Kier alpha value is -2.70. The number of rotatable bonds is 7. The molecule has 1 aromatic rings. The molecule has 1 aromatic heterocycles. The highest BCUT2D eigenvalue weighted by molar-refractivity contribution is 5.68. The van der Waals surface area contributed by atoms with Gasteiger partial charge in [-0.25, -0.2) is 4.98 Å². The van der Waals surface area contributed by atoms with Crippen LogP contribution in [0.2, 0.25) is 0 Å². The number of aldehydes is 1. The van der Waals surface area contributed by atoms with Gasteiger partial charge in [-0.3, -0.25) is 0 Å². The van der Waals surface area contributed by atoms with E-state index in [1.165, 1.54) is 5.70 Å². The number of piperazine rings is 1. The second-order valence-corrected chi connectivity index (χ2v) is 7.90. The first-order chi connectivity index (χ1) is 15.6. The first kappa shape index (κ1) is 25.6. The number of carbonyl (C=O) groups excluding carboxylic acids is 1. The molecular weight excluding hydrogens is 398 g/mol. The van der Waals surface area contributed by atoms with Crippen molar-refractivity contribution in [2.24, 2.45) is 0 Å². The minimum Gasteiger partial charge on any atom is -0.392 e. The number of hydrogen-bond donors (Lipinski definition) is 3. The molecule has 3 N–H and O–H groups in total. The zero-order valence-corrected chi connectivity index (χ0v) is 20.1. The van der Waals surface area contributed by atoms with Gasteiger partial charge in [-0.1, -0.05) is 37.8 Å². The van der Waals surface area contributed by atoms with Crippen LogP contribution in [0.1, 0.15) is 57.0 Å². The molecule has 2 saturated heterocycles. The van der Waals surface area contributed by atoms with Crippen molar-refractivity contribution in [1.82, 2.24) is 25.8 Å². The number of nitrogens with one attached hydrogen (secondary N) is 3. The summed E-state index contributed by atoms with van der Waals surface area (Å²) in [5.41, 5.74) is 6.53. The summed E-state index contributed by atoms with van der Waals surface area (Å²) in [5, 5.41) is 9.65. The molecule has 2 fully saturated rings. The molecule has 174 valence electrons. The van der Waals surface area contributed by atoms with Gasteiger partial charge in [0.15, 0.2) is 0 Å². The van der Waals surface area contributed by atoms with Crippen LogP contribution in [0.15, 0.2) is 42.3 Å². The second kappa shape index (κ2) is 13.7. The van der Waals surface area contributed by atoms with E-state index in [2.05, 4.69) is 71.6 Å². The average Bonchev–Trinajstić information content (AvgIpc) is 3.35. The van der Waals surface area contributed by atoms with Gasteiger partial charge in [0.05, 0.1) is 23.1 Å². The van der Waals surface area contributed by atoms with Gasteiger partial charge >= 0.3 is 0 Å². The summed E-state index contributed by atoms with van der Waals surface area (Å²) in [6.07, 6.45) is 12.6. The van der Waals surface area contributed by atoms with Crippen LogP contribution >= 0.6 is 0 Å². The minimum atomic E-state index is 0.167. The van der Waals surface area contributed by atoms with E-state index in [-0.39, 0.29) is 6.04 Å². The van der Waals surface area contributed by atoms with E-state index in [4.69, 9.17) is 4.98 Å². The molecule has 0 aliphatic carbocycles. The molecule has 2 aliphatic heterocycles. The Morgan fingerprint density at radius 3 is 2.75 bits per heavy atom. The first-order valence-corrected chi connectivity index (χ1v) is 11.6. The maximum Gasteiger partial charge on any atom is 0.136 e. The van der Waals surface area contributed by atoms with E-state index in [1.54, 1.807) is 0 Å². The van der Waals surface area contributed by atoms with Crippen molar-refractivity contribution in [3.63, 3.8) is 0 Å². The summed E-state index contributed by atoms with van der Waals surface area (Å²) < 4.78 is 0. The van der Waals surface area contributed by atoms with E-state index in [0.29, 0.717) is 0 Å². The Balaban J connectivity index is 0.000000439. The Morgan fingerprint density at radius 2 is 2.19 bits per heavy atom. The van der Waals surface area contributed by atoms with Crippen molar-refractivity contribution in [3.05, 3.63) is 59.2 Å². The quantitative estimate of drug-likeness (QED) is 0.564. The normalized spacial score (nSPS) is 20.6. The molecule has 1 unspecified atom stereocenters. The molecule has 0 saturated carbocycles. The van der Waals surface area contributed by atoms with Crippen LogP contribution in [-0.4, -0.2) is 55.4 Å². The molecule has 0 aromatic carbocycles. The highest BCUT2D eigenvalue weighted by Gasteiger charge is 2.20. The Morgan fingerprint density at radius 1 is 1.38 bits per heavy atom. The van der Waals surface area contributed by atoms with Crippen LogP contribution in [0.25, 0.3) is 17.8 Å². The molecule has 6 heteroatoms. The SMILES string of the molecule is C=Cc1ccc(/C(=C/C)N2CCNC/C2=C\CC)nc1/C=C(\C)NC.O=CC1CCCN1. The molecule has 6 nitrogen and oxygen atoms in total. The number of allylic oxidation sites excluding steroid dienone is 3. The van der Waals surface area contributed by atoms with E-state index in [1.807, 2.05) is 20.0 Å². The molecule has 0 amide bonds. The van der Waals surface area contributed by atoms with Crippen LogP contribution in [0.4, 0.5) is 0 Å². The van der Waals surface area contributed by atoms with Crippen LogP contribution < -0.4 is 16.0 Å². The van der Waals surface area contributed by atoms with E-state index in [9.17, 15) is 4.79 Å². The number of carbonyl (C=O) groups is 1. The van der Waals surface area contributed by atoms with Gasteiger partial charge < -0.3 is 25.6 Å². The van der Waals surface area contributed by atoms with Crippen LogP contribution in [0.3, 0.4) is 0 Å². The lowest BCUT2D eigenvalue weighted by Gasteiger charge is -2.34. The molecule has 0 spiro atoms. The number of hydrogen-bond acceptors (Lipinski definition) is 6. The van der Waals surface area contributed by atoms with Gasteiger partial charge in [-0.2, -0.15) is 0 Å². The predicted octanol–water partition coefficient (Wildman–Crippen LogP) is 3.80. The molecule has 2 aliphatic rings. The van der Waals surface area contributed by atoms with E-state index in [0.717, 1.165) is 80.1 Å². The Kier molecular flexibility index (Phi) is 10.9. The lowest BCUT2D eigenvalue weighted by Crippen LogP contribution is -2.40.